The molecular formula is C66H83N5O26. The van der Waals surface area contributed by atoms with Gasteiger partial charge in [-0.1, -0.05) is 31.2 Å². The Morgan fingerprint density at radius 2 is 1.33 bits per heavy atom. The number of phenolic OH excluding ortho intramolecular Hbond substituents is 2. The highest BCUT2D eigenvalue weighted by molar-refractivity contribution is 6.31. The summed E-state index contributed by atoms with van der Waals surface area (Å²) in [4.78, 5) is 143. The number of phenols is 2. The number of aromatic hydroxyl groups is 2. The molecule has 6 amide bonds. The summed E-state index contributed by atoms with van der Waals surface area (Å²) in [6.07, 6.45) is -6.69. The third-order valence-electron chi connectivity index (χ3n) is 16.5. The minimum atomic E-state index is -2.43. The Labute approximate surface area is 557 Å². The number of anilines is 1. The molecule has 2 aliphatic carbocycles. The first kappa shape index (κ1) is 75.9. The molecule has 31 heteroatoms. The van der Waals surface area contributed by atoms with E-state index in [0.29, 0.717) is 58.4 Å². The summed E-state index contributed by atoms with van der Waals surface area (Å²) >= 11 is 0. The van der Waals surface area contributed by atoms with Crippen molar-refractivity contribution in [2.24, 2.45) is 17.6 Å². The van der Waals surface area contributed by atoms with Crippen LogP contribution >= 0.6 is 0 Å². The lowest BCUT2D eigenvalue weighted by Crippen LogP contribution is -2.56. The molecule has 1 saturated heterocycles. The van der Waals surface area contributed by atoms with Crippen LogP contribution in [0.15, 0.2) is 54.6 Å². The standard InChI is InChI=1S/C66H83N5O26/c1-36(28-42(73)14-16-89-18-20-91-22-24-93-26-27-94-25-23-92-21-19-90-17-15-71-51(77)12-13-52(71)78)63(84)68-37(2)46(74)29-40(30-50(67)76)64(85)69-41-10-8-39(9-11-41)35-95-65(86)70-45-31-53(96-38(3)58(45)79)97-48-33-66(87,49(75)34-72)32-44-55(48)62(83)57-56(60(44)81)59(80)43-6-5-7-47(88-4)54(43)61(57)82/h5-13,36-38,40,45,48,53,58,72,79,81,83,87H,14-35H2,1-4H3,(H2,67,76)(H,68,84)(H,69,85)(H,70,86)/t36-,37+,38-,40+,45-,48-,53-,58+,66-/m0/s1. The largest absolute Gasteiger partial charge is 0.507 e. The fourth-order valence-electron chi connectivity index (χ4n) is 11.2. The molecule has 4 aliphatic rings. The number of ketones is 5. The number of primary amides is 1. The molecule has 0 spiro atoms. The van der Waals surface area contributed by atoms with Crippen LogP contribution in [-0.2, 0) is 94.0 Å². The van der Waals surface area contributed by atoms with Crippen LogP contribution in [0.2, 0.25) is 0 Å². The molecule has 2 heterocycles. The number of fused-ring (bicyclic) bond motifs is 3. The predicted molar refractivity (Wildman–Crippen MR) is 335 cm³/mol. The van der Waals surface area contributed by atoms with Crippen LogP contribution in [0.1, 0.15) is 114 Å². The average Bonchev–Trinajstić information content (AvgIpc) is 1.03. The Morgan fingerprint density at radius 3 is 1.92 bits per heavy atom. The van der Waals surface area contributed by atoms with Gasteiger partial charge in [0, 0.05) is 85.4 Å². The van der Waals surface area contributed by atoms with Crippen molar-refractivity contribution in [1.29, 1.82) is 0 Å². The summed E-state index contributed by atoms with van der Waals surface area (Å²) in [5, 5.41) is 64.0. The Hall–Kier alpha value is -8.47. The lowest BCUT2D eigenvalue weighted by molar-refractivity contribution is -0.249. The molecule has 0 radical (unpaired) electrons. The van der Waals surface area contributed by atoms with Crippen molar-refractivity contribution in [3.05, 3.63) is 93.6 Å². The van der Waals surface area contributed by atoms with Gasteiger partial charge in [-0.25, -0.2) is 4.79 Å². The molecule has 3 aromatic rings. The van der Waals surface area contributed by atoms with Gasteiger partial charge in [-0.3, -0.25) is 52.8 Å². The van der Waals surface area contributed by atoms with Crippen LogP contribution in [0.4, 0.5) is 10.5 Å². The first-order valence-corrected chi connectivity index (χ1v) is 31.5. The summed E-state index contributed by atoms with van der Waals surface area (Å²) in [5.74, 6) is -10.2. The number of amides is 6. The number of carbonyl (C=O) groups is 11. The second-order valence-electron chi connectivity index (χ2n) is 23.5. The van der Waals surface area contributed by atoms with Crippen molar-refractivity contribution in [3.63, 3.8) is 0 Å². The number of aliphatic hydroxyl groups is 3. The number of hydrogen-bond donors (Lipinski definition) is 9. The van der Waals surface area contributed by atoms with E-state index in [2.05, 4.69) is 16.0 Å². The zero-order chi connectivity index (χ0) is 70.5. The topological polar surface area (TPSA) is 447 Å². The van der Waals surface area contributed by atoms with E-state index >= 15 is 0 Å². The molecule has 97 heavy (non-hydrogen) atoms. The van der Waals surface area contributed by atoms with Gasteiger partial charge in [0.25, 0.3) is 11.8 Å². The average molecular weight is 1360 g/mol. The minimum absolute atomic E-state index is 0.0128. The molecule has 7 rings (SSSR count). The van der Waals surface area contributed by atoms with Gasteiger partial charge >= 0.3 is 6.09 Å². The van der Waals surface area contributed by atoms with E-state index < -0.39 is 156 Å². The molecule has 0 aromatic heterocycles. The van der Waals surface area contributed by atoms with Gasteiger partial charge in [-0.05, 0) is 37.6 Å². The van der Waals surface area contributed by atoms with Crippen molar-refractivity contribution in [3.8, 4) is 17.2 Å². The van der Waals surface area contributed by atoms with Gasteiger partial charge in [-0.2, -0.15) is 0 Å². The Bertz CT molecular complexity index is 3380. The first-order valence-electron chi connectivity index (χ1n) is 31.5. The summed E-state index contributed by atoms with van der Waals surface area (Å²) in [6, 6.07) is 7.90. The molecule has 3 aromatic carbocycles. The molecule has 528 valence electrons. The second kappa shape index (κ2) is 36.2. The van der Waals surface area contributed by atoms with E-state index in [9.17, 15) is 78.3 Å². The molecule has 9 atom stereocenters. The van der Waals surface area contributed by atoms with Crippen LogP contribution in [0.5, 0.6) is 17.2 Å². The van der Waals surface area contributed by atoms with Crippen molar-refractivity contribution < 1.29 is 126 Å². The van der Waals surface area contributed by atoms with E-state index in [1.807, 2.05) is 0 Å². The SMILES string of the molecule is COc1cccc2c1C(=O)c1c(O)c3c(c(O)c1C2=O)C[C@@](O)(C(=O)CO)C[C@@H]3O[C@H]1C[C@H](NC(=O)OCc2ccc(NC(=O)[C@@H](CC(N)=O)CC(=O)[C@@H](C)NC(=O)[C@@H](C)CC(=O)CCOCCOCCOCCOCCOCCOCCN3C(=O)C=CC3=O)cc2)[C@H](O)[C@H](C)O1. The van der Waals surface area contributed by atoms with Gasteiger partial charge in [0.2, 0.25) is 23.5 Å². The van der Waals surface area contributed by atoms with Crippen molar-refractivity contribution >= 4 is 70.2 Å². The molecular weight excluding hydrogens is 1280 g/mol. The zero-order valence-electron chi connectivity index (χ0n) is 54.2. The lowest BCUT2D eigenvalue weighted by Gasteiger charge is -2.42. The number of aliphatic hydroxyl groups excluding tert-OH is 2. The summed E-state index contributed by atoms with van der Waals surface area (Å²) in [5.41, 5.74) is 1.60. The number of imide groups is 1. The number of alkyl carbamates (subject to hydrolysis) is 1. The second-order valence-corrected chi connectivity index (χ2v) is 23.5. The minimum Gasteiger partial charge on any atom is -0.507 e. The molecule has 2 aliphatic heterocycles. The van der Waals surface area contributed by atoms with Gasteiger partial charge in [0.15, 0.2) is 23.6 Å². The summed E-state index contributed by atoms with van der Waals surface area (Å²) in [7, 11) is 1.28. The summed E-state index contributed by atoms with van der Waals surface area (Å²) in [6.45, 7) is 6.58. The third-order valence-corrected chi connectivity index (χ3v) is 16.5. The van der Waals surface area contributed by atoms with Gasteiger partial charge in [0.1, 0.15) is 48.0 Å². The van der Waals surface area contributed by atoms with Crippen molar-refractivity contribution in [2.75, 3.05) is 105 Å². The number of ether oxygens (including phenoxy) is 10. The lowest BCUT2D eigenvalue weighted by atomic mass is 9.72. The third kappa shape index (κ3) is 20.5. The highest BCUT2D eigenvalue weighted by Gasteiger charge is 2.51. The number of nitrogens with one attached hydrogen (secondary N) is 3. The maximum atomic E-state index is 14.1. The number of methoxy groups -OCH3 is 1. The maximum absolute atomic E-state index is 14.1. The van der Waals surface area contributed by atoms with E-state index in [1.165, 1.54) is 82.5 Å². The molecule has 10 N–H and O–H groups in total. The highest BCUT2D eigenvalue weighted by atomic mass is 16.7. The van der Waals surface area contributed by atoms with E-state index in [4.69, 9.17) is 53.1 Å². The highest BCUT2D eigenvalue weighted by Crippen LogP contribution is 2.52. The van der Waals surface area contributed by atoms with Crippen molar-refractivity contribution in [2.45, 2.75) is 115 Å². The normalized spacial score (nSPS) is 20.4. The molecule has 0 unspecified atom stereocenters. The maximum Gasteiger partial charge on any atom is 0.407 e. The van der Waals surface area contributed by atoms with E-state index in [0.717, 1.165) is 4.90 Å². The van der Waals surface area contributed by atoms with Crippen LogP contribution < -0.4 is 26.4 Å². The molecule has 1 fully saturated rings. The van der Waals surface area contributed by atoms with Gasteiger partial charge < -0.3 is 94.6 Å². The van der Waals surface area contributed by atoms with E-state index in [-0.39, 0.29) is 110 Å². The fourth-order valence-corrected chi connectivity index (χ4v) is 11.2. The number of nitrogens with zero attached hydrogens (tertiary/aromatic N) is 1. The fraction of sp³-hybridized carbons (Fsp3) is 0.530. The van der Waals surface area contributed by atoms with Crippen LogP contribution in [0, 0.1) is 11.8 Å². The van der Waals surface area contributed by atoms with Crippen LogP contribution in [0.25, 0.3) is 0 Å². The number of nitrogens with two attached hydrogens (primary N) is 1. The van der Waals surface area contributed by atoms with Gasteiger partial charge in [-0.15, -0.1) is 0 Å². The summed E-state index contributed by atoms with van der Waals surface area (Å²) < 4.78 is 55.6. The molecule has 31 nitrogen and oxygen atoms in total. The number of carbonyl (C=O) groups excluding carboxylic acids is 11. The smallest absolute Gasteiger partial charge is 0.407 e. The monoisotopic (exact) mass is 1360 g/mol. The quantitative estimate of drug-likeness (QED) is 0.0169. The number of Topliss-reactive ketones (excluding diaryl/α,β-unsaturated/α-hetero) is 3. The predicted octanol–water partition coefficient (Wildman–Crippen LogP) is 0.873. The number of hydrogen-bond acceptors (Lipinski definition) is 26. The number of benzene rings is 3. The van der Waals surface area contributed by atoms with E-state index in [1.54, 1.807) is 0 Å². The Kier molecular flexibility index (Phi) is 28.3. The van der Waals surface area contributed by atoms with Crippen molar-refractivity contribution in [1.82, 2.24) is 15.5 Å². The van der Waals surface area contributed by atoms with Crippen LogP contribution in [-0.4, -0.2) is 231 Å². The Morgan fingerprint density at radius 1 is 0.742 bits per heavy atom. The van der Waals surface area contributed by atoms with Crippen LogP contribution in [0.3, 0.4) is 0 Å². The Balaban J connectivity index is 0.781. The molecule has 0 bridgehead atoms. The molecule has 0 saturated carbocycles. The number of rotatable bonds is 40. The zero-order valence-corrected chi connectivity index (χ0v) is 54.2. The van der Waals surface area contributed by atoms with Gasteiger partial charge in [0.05, 0.1) is 140 Å². The first-order chi connectivity index (χ1) is 46.3.